The van der Waals surface area contributed by atoms with Crippen molar-refractivity contribution in [3.05, 3.63) is 41.7 Å². The number of benzene rings is 1. The van der Waals surface area contributed by atoms with E-state index in [4.69, 9.17) is 4.98 Å². The predicted octanol–water partition coefficient (Wildman–Crippen LogP) is 3.69. The number of hydrogen-bond donors (Lipinski definition) is 1. The fourth-order valence-corrected chi connectivity index (χ4v) is 2.79. The van der Waals surface area contributed by atoms with Crippen molar-refractivity contribution in [3.8, 4) is 0 Å². The summed E-state index contributed by atoms with van der Waals surface area (Å²) in [5.74, 6) is 1.79. The van der Waals surface area contributed by atoms with Crippen LogP contribution in [0.2, 0.25) is 0 Å². The molecule has 0 amide bonds. The van der Waals surface area contributed by atoms with Gasteiger partial charge in [-0.3, -0.25) is 4.98 Å². The lowest BCUT2D eigenvalue weighted by molar-refractivity contribution is 0.757. The molecule has 1 N–H and O–H groups in total. The highest BCUT2D eigenvalue weighted by atomic mass is 15.2. The van der Waals surface area contributed by atoms with E-state index in [0.717, 1.165) is 44.0 Å². The molecule has 0 spiro atoms. The van der Waals surface area contributed by atoms with E-state index < -0.39 is 0 Å². The van der Waals surface area contributed by atoms with Gasteiger partial charge in [0.2, 0.25) is 0 Å². The van der Waals surface area contributed by atoms with Crippen molar-refractivity contribution in [2.75, 3.05) is 23.3 Å². The molecule has 0 radical (unpaired) electrons. The van der Waals surface area contributed by atoms with Gasteiger partial charge in [0.1, 0.15) is 5.82 Å². The van der Waals surface area contributed by atoms with Crippen LogP contribution in [0.4, 0.5) is 17.3 Å². The van der Waals surface area contributed by atoms with Crippen LogP contribution in [0.1, 0.15) is 30.9 Å². The van der Waals surface area contributed by atoms with Gasteiger partial charge in [-0.25, -0.2) is 4.98 Å². The largest absolute Gasteiger partial charge is 0.369 e. The summed E-state index contributed by atoms with van der Waals surface area (Å²) >= 11 is 0. The third kappa shape index (κ3) is 2.99. The molecule has 0 fully saturated rings. The molecule has 0 atom stereocenters. The lowest BCUT2D eigenvalue weighted by Crippen LogP contribution is -2.25. The van der Waals surface area contributed by atoms with E-state index in [9.17, 15) is 0 Å². The molecule has 3 rings (SSSR count). The lowest BCUT2D eigenvalue weighted by Gasteiger charge is -2.30. The molecule has 1 aliphatic heterocycles. The Morgan fingerprint density at radius 1 is 1.29 bits per heavy atom. The molecule has 0 aliphatic carbocycles. The minimum atomic E-state index is 0.855. The third-order valence-electron chi connectivity index (χ3n) is 3.81. The zero-order valence-electron chi connectivity index (χ0n) is 12.8. The van der Waals surface area contributed by atoms with Crippen LogP contribution in [0.15, 0.2) is 30.6 Å². The number of fused-ring (bicyclic) bond motifs is 1. The maximum Gasteiger partial charge on any atom is 0.153 e. The van der Waals surface area contributed by atoms with E-state index in [2.05, 4.69) is 47.2 Å². The molecule has 1 aromatic carbocycles. The molecule has 1 aliphatic rings. The van der Waals surface area contributed by atoms with Crippen LogP contribution in [0.3, 0.4) is 0 Å². The first-order valence-electron chi connectivity index (χ1n) is 7.71. The van der Waals surface area contributed by atoms with Crippen molar-refractivity contribution >= 4 is 17.3 Å². The van der Waals surface area contributed by atoms with E-state index in [1.807, 2.05) is 6.20 Å². The van der Waals surface area contributed by atoms with E-state index in [0.29, 0.717) is 0 Å². The number of rotatable bonds is 4. The molecule has 0 saturated heterocycles. The van der Waals surface area contributed by atoms with E-state index in [1.165, 1.54) is 16.8 Å². The number of nitrogens with zero attached hydrogens (tertiary/aromatic N) is 3. The minimum Gasteiger partial charge on any atom is -0.369 e. The Labute approximate surface area is 126 Å². The quantitative estimate of drug-likeness (QED) is 0.928. The van der Waals surface area contributed by atoms with Gasteiger partial charge in [-0.2, -0.15) is 0 Å². The number of anilines is 3. The van der Waals surface area contributed by atoms with Gasteiger partial charge >= 0.3 is 0 Å². The SMILES string of the molecule is CCCNc1cncc(N2CCCc3cc(C)ccc32)n1. The molecule has 1 aromatic heterocycles. The first kappa shape index (κ1) is 13.9. The van der Waals surface area contributed by atoms with Crippen molar-refractivity contribution in [1.82, 2.24) is 9.97 Å². The summed E-state index contributed by atoms with van der Waals surface area (Å²) in [7, 11) is 0. The van der Waals surface area contributed by atoms with Gasteiger partial charge in [0.05, 0.1) is 12.4 Å². The smallest absolute Gasteiger partial charge is 0.153 e. The molecule has 2 heterocycles. The lowest BCUT2D eigenvalue weighted by atomic mass is 10.00. The van der Waals surface area contributed by atoms with Crippen molar-refractivity contribution in [1.29, 1.82) is 0 Å². The maximum absolute atomic E-state index is 4.71. The number of aryl methyl sites for hydroxylation is 2. The highest BCUT2D eigenvalue weighted by Gasteiger charge is 2.19. The van der Waals surface area contributed by atoms with E-state index in [1.54, 1.807) is 6.20 Å². The first-order valence-corrected chi connectivity index (χ1v) is 7.71. The Balaban J connectivity index is 1.91. The second kappa shape index (κ2) is 6.12. The van der Waals surface area contributed by atoms with Gasteiger partial charge in [0.15, 0.2) is 5.82 Å². The Bertz CT molecular complexity index is 624. The molecule has 4 nitrogen and oxygen atoms in total. The number of nitrogens with one attached hydrogen (secondary N) is 1. The predicted molar refractivity (Wildman–Crippen MR) is 87.3 cm³/mol. The summed E-state index contributed by atoms with van der Waals surface area (Å²) in [6.07, 6.45) is 7.03. The zero-order chi connectivity index (χ0) is 14.7. The summed E-state index contributed by atoms with van der Waals surface area (Å²) in [6, 6.07) is 6.66. The highest BCUT2D eigenvalue weighted by molar-refractivity contribution is 5.66. The normalized spacial score (nSPS) is 13.9. The zero-order valence-corrected chi connectivity index (χ0v) is 12.8. The van der Waals surface area contributed by atoms with Crippen LogP contribution in [0, 0.1) is 6.92 Å². The average Bonchev–Trinajstić information content (AvgIpc) is 2.52. The van der Waals surface area contributed by atoms with Gasteiger partial charge in [-0.15, -0.1) is 0 Å². The highest BCUT2D eigenvalue weighted by Crippen LogP contribution is 2.33. The Kier molecular flexibility index (Phi) is 4.04. The van der Waals surface area contributed by atoms with Gasteiger partial charge in [-0.1, -0.05) is 24.6 Å². The van der Waals surface area contributed by atoms with Crippen LogP contribution in [0.25, 0.3) is 0 Å². The van der Waals surface area contributed by atoms with Crippen LogP contribution in [0.5, 0.6) is 0 Å². The molecule has 0 unspecified atom stereocenters. The maximum atomic E-state index is 4.71. The number of hydrogen-bond acceptors (Lipinski definition) is 4. The van der Waals surface area contributed by atoms with Crippen LogP contribution in [-0.2, 0) is 6.42 Å². The van der Waals surface area contributed by atoms with Crippen molar-refractivity contribution < 1.29 is 0 Å². The first-order chi connectivity index (χ1) is 10.3. The van der Waals surface area contributed by atoms with Gasteiger partial charge in [-0.05, 0) is 37.8 Å². The molecular formula is C17H22N4. The third-order valence-corrected chi connectivity index (χ3v) is 3.81. The second-order valence-electron chi connectivity index (χ2n) is 5.58. The summed E-state index contributed by atoms with van der Waals surface area (Å²) < 4.78 is 0. The van der Waals surface area contributed by atoms with Gasteiger partial charge in [0, 0.05) is 18.8 Å². The minimum absolute atomic E-state index is 0.855. The molecular weight excluding hydrogens is 260 g/mol. The summed E-state index contributed by atoms with van der Waals surface area (Å²) in [5, 5.41) is 3.31. The molecule has 2 aromatic rings. The Morgan fingerprint density at radius 3 is 3.05 bits per heavy atom. The topological polar surface area (TPSA) is 41.1 Å². The summed E-state index contributed by atoms with van der Waals surface area (Å²) in [5.41, 5.74) is 4.00. The Hall–Kier alpha value is -2.10. The Morgan fingerprint density at radius 2 is 2.19 bits per heavy atom. The molecule has 4 heteroatoms. The molecule has 0 bridgehead atoms. The van der Waals surface area contributed by atoms with Crippen LogP contribution in [-0.4, -0.2) is 23.1 Å². The van der Waals surface area contributed by atoms with E-state index in [-0.39, 0.29) is 0 Å². The van der Waals surface area contributed by atoms with E-state index >= 15 is 0 Å². The van der Waals surface area contributed by atoms with Crippen molar-refractivity contribution in [2.45, 2.75) is 33.1 Å². The molecule has 21 heavy (non-hydrogen) atoms. The van der Waals surface area contributed by atoms with Crippen molar-refractivity contribution in [2.24, 2.45) is 0 Å². The van der Waals surface area contributed by atoms with Crippen LogP contribution < -0.4 is 10.2 Å². The molecule has 110 valence electrons. The summed E-state index contributed by atoms with van der Waals surface area (Å²) in [6.45, 7) is 6.22. The molecule has 0 saturated carbocycles. The number of aromatic nitrogens is 2. The van der Waals surface area contributed by atoms with Crippen molar-refractivity contribution in [3.63, 3.8) is 0 Å². The van der Waals surface area contributed by atoms with Gasteiger partial charge in [0.25, 0.3) is 0 Å². The second-order valence-corrected chi connectivity index (χ2v) is 5.58. The fourth-order valence-electron chi connectivity index (χ4n) is 2.79. The van der Waals surface area contributed by atoms with Gasteiger partial charge < -0.3 is 10.2 Å². The monoisotopic (exact) mass is 282 g/mol. The average molecular weight is 282 g/mol. The summed E-state index contributed by atoms with van der Waals surface area (Å²) in [4.78, 5) is 11.3. The van der Waals surface area contributed by atoms with Crippen LogP contribution >= 0.6 is 0 Å². The fraction of sp³-hybridized carbons (Fsp3) is 0.412. The standard InChI is InChI=1S/C17H22N4/c1-3-8-19-16-11-18-12-17(20-16)21-9-4-5-14-10-13(2)6-7-15(14)21/h6-7,10-12H,3-5,8-9H2,1-2H3,(H,19,20).